The number of rotatable bonds is 5. The molecule has 2 rings (SSSR count). The van der Waals surface area contributed by atoms with E-state index in [0.29, 0.717) is 11.3 Å². The van der Waals surface area contributed by atoms with Gasteiger partial charge in [-0.3, -0.25) is 9.59 Å². The van der Waals surface area contributed by atoms with Crippen LogP contribution in [0.5, 0.6) is 0 Å². The van der Waals surface area contributed by atoms with Crippen LogP contribution in [-0.2, 0) is 10.0 Å². The second-order valence-electron chi connectivity index (χ2n) is 7.62. The van der Waals surface area contributed by atoms with Crippen LogP contribution in [0, 0.1) is 0 Å². The van der Waals surface area contributed by atoms with E-state index < -0.39 is 15.6 Å². The number of hydrogen-bond donors (Lipinski definition) is 2. The molecule has 2 amide bonds. The van der Waals surface area contributed by atoms with Gasteiger partial charge in [0.2, 0.25) is 10.0 Å². The monoisotopic (exact) mass is 435 g/mol. The summed E-state index contributed by atoms with van der Waals surface area (Å²) in [6.07, 6.45) is 0. The van der Waals surface area contributed by atoms with Gasteiger partial charge in [-0.2, -0.15) is 0 Å². The highest BCUT2D eigenvalue weighted by Gasteiger charge is 2.22. The Morgan fingerprint density at radius 1 is 0.931 bits per heavy atom. The van der Waals surface area contributed by atoms with Gasteiger partial charge >= 0.3 is 0 Å². The second kappa shape index (κ2) is 8.98. The van der Waals surface area contributed by atoms with E-state index in [1.165, 1.54) is 29.2 Å². The number of hydrogen-bond acceptors (Lipinski definition) is 5. The molecular formula is C20H25N3O4S2. The number of carbonyl (C=O) groups is 2. The molecule has 0 unspecified atom stereocenters. The van der Waals surface area contributed by atoms with Crippen LogP contribution >= 0.6 is 11.8 Å². The van der Waals surface area contributed by atoms with Crippen LogP contribution in [0.3, 0.4) is 0 Å². The van der Waals surface area contributed by atoms with Crippen molar-refractivity contribution in [3.63, 3.8) is 0 Å². The Hall–Kier alpha value is -2.36. The maximum atomic E-state index is 12.4. The zero-order valence-electron chi connectivity index (χ0n) is 17.0. The first-order chi connectivity index (χ1) is 13.4. The first-order valence-corrected chi connectivity index (χ1v) is 11.1. The van der Waals surface area contributed by atoms with E-state index in [4.69, 9.17) is 0 Å². The zero-order valence-corrected chi connectivity index (χ0v) is 18.6. The average molecular weight is 436 g/mol. The largest absolute Gasteiger partial charge is 0.339 e. The van der Waals surface area contributed by atoms with Gasteiger partial charge in [-0.05, 0) is 81.1 Å². The van der Waals surface area contributed by atoms with Crippen molar-refractivity contribution in [3.8, 4) is 0 Å². The summed E-state index contributed by atoms with van der Waals surface area (Å²) in [5, 5.41) is 2.66. The quantitative estimate of drug-likeness (QED) is 0.697. The summed E-state index contributed by atoms with van der Waals surface area (Å²) < 4.78 is 27.2. The van der Waals surface area contributed by atoms with Gasteiger partial charge in [0.05, 0.1) is 4.90 Å². The summed E-state index contributed by atoms with van der Waals surface area (Å²) in [6.45, 7) is 5.27. The molecule has 9 heteroatoms. The number of amides is 2. The van der Waals surface area contributed by atoms with Crippen molar-refractivity contribution in [1.82, 2.24) is 9.62 Å². The van der Waals surface area contributed by atoms with E-state index in [1.807, 2.05) is 0 Å². The zero-order chi connectivity index (χ0) is 21.8. The van der Waals surface area contributed by atoms with E-state index in [2.05, 4.69) is 10.0 Å². The first kappa shape index (κ1) is 22.9. The molecule has 0 saturated carbocycles. The summed E-state index contributed by atoms with van der Waals surface area (Å²) in [4.78, 5) is 26.5. The van der Waals surface area contributed by atoms with Crippen molar-refractivity contribution >= 4 is 38.6 Å². The van der Waals surface area contributed by atoms with Crippen molar-refractivity contribution in [2.45, 2.75) is 36.1 Å². The molecule has 29 heavy (non-hydrogen) atoms. The second-order valence-corrected chi connectivity index (χ2v) is 10.3. The number of anilines is 1. The fourth-order valence-electron chi connectivity index (χ4n) is 2.25. The van der Waals surface area contributed by atoms with Gasteiger partial charge in [-0.1, -0.05) is 0 Å². The van der Waals surface area contributed by atoms with Gasteiger partial charge in [0.25, 0.3) is 11.1 Å². The number of sulfonamides is 1. The third-order valence-corrected chi connectivity index (χ3v) is 6.37. The van der Waals surface area contributed by atoms with Crippen LogP contribution in [0.15, 0.2) is 58.3 Å². The number of benzene rings is 2. The normalized spacial score (nSPS) is 11.8. The third kappa shape index (κ3) is 6.88. The molecule has 0 bridgehead atoms. The van der Waals surface area contributed by atoms with Gasteiger partial charge in [0, 0.05) is 35.8 Å². The smallest absolute Gasteiger partial charge is 0.285 e. The highest BCUT2D eigenvalue weighted by molar-refractivity contribution is 8.13. The van der Waals surface area contributed by atoms with Gasteiger partial charge in [-0.25, -0.2) is 13.1 Å². The molecular weight excluding hydrogens is 410 g/mol. The fraction of sp³-hybridized carbons (Fsp3) is 0.300. The van der Waals surface area contributed by atoms with E-state index in [-0.39, 0.29) is 16.0 Å². The molecule has 0 aliphatic rings. The minimum atomic E-state index is -3.66. The average Bonchev–Trinajstić information content (AvgIpc) is 2.61. The summed E-state index contributed by atoms with van der Waals surface area (Å²) in [6, 6.07) is 12.6. The van der Waals surface area contributed by atoms with Gasteiger partial charge < -0.3 is 10.2 Å². The predicted octanol–water partition coefficient (Wildman–Crippen LogP) is 3.79. The lowest BCUT2D eigenvalue weighted by molar-refractivity contribution is 0.102. The first-order valence-electron chi connectivity index (χ1n) is 8.82. The van der Waals surface area contributed by atoms with Gasteiger partial charge in [0.15, 0.2) is 0 Å². The highest BCUT2D eigenvalue weighted by Crippen LogP contribution is 2.23. The van der Waals surface area contributed by atoms with Crippen molar-refractivity contribution in [2.24, 2.45) is 0 Å². The molecule has 0 atom stereocenters. The molecule has 0 heterocycles. The van der Waals surface area contributed by atoms with Crippen LogP contribution in [0.4, 0.5) is 10.5 Å². The van der Waals surface area contributed by atoms with Crippen LogP contribution in [0.1, 0.15) is 31.1 Å². The molecule has 0 aromatic heterocycles. The Labute approximate surface area is 175 Å². The third-order valence-electron chi connectivity index (χ3n) is 3.55. The molecule has 0 saturated heterocycles. The van der Waals surface area contributed by atoms with Crippen LogP contribution in [0.25, 0.3) is 0 Å². The van der Waals surface area contributed by atoms with Crippen molar-refractivity contribution in [1.29, 1.82) is 0 Å². The minimum absolute atomic E-state index is 0.0854. The molecule has 2 N–H and O–H groups in total. The lowest BCUT2D eigenvalue weighted by Crippen LogP contribution is -2.40. The topological polar surface area (TPSA) is 95.6 Å². The molecule has 0 fully saturated rings. The summed E-state index contributed by atoms with van der Waals surface area (Å²) in [7, 11) is -0.295. The Bertz CT molecular complexity index is 978. The van der Waals surface area contributed by atoms with E-state index in [9.17, 15) is 18.0 Å². The number of thioether (sulfide) groups is 1. The molecule has 0 spiro atoms. The van der Waals surface area contributed by atoms with E-state index in [0.717, 1.165) is 16.7 Å². The lowest BCUT2D eigenvalue weighted by atomic mass is 10.1. The van der Waals surface area contributed by atoms with Crippen LogP contribution in [0.2, 0.25) is 0 Å². The van der Waals surface area contributed by atoms with Gasteiger partial charge in [0.1, 0.15) is 0 Å². The molecule has 0 aliphatic heterocycles. The lowest BCUT2D eigenvalue weighted by Gasteiger charge is -2.20. The molecule has 2 aromatic carbocycles. The van der Waals surface area contributed by atoms with Crippen molar-refractivity contribution < 1.29 is 18.0 Å². The minimum Gasteiger partial charge on any atom is -0.339 e. The Kier molecular flexibility index (Phi) is 7.10. The summed E-state index contributed by atoms with van der Waals surface area (Å²) in [5.74, 6) is -0.359. The van der Waals surface area contributed by atoms with Crippen molar-refractivity contribution in [2.75, 3.05) is 19.4 Å². The molecule has 156 valence electrons. The summed E-state index contributed by atoms with van der Waals surface area (Å²) in [5.41, 5.74) is 0.305. The molecule has 7 nitrogen and oxygen atoms in total. The standard InChI is InChI=1S/C20H25N3O4S2/c1-20(2,3)22-29(26,27)17-12-6-14(7-13-17)18(24)21-15-8-10-16(11-9-15)28-19(25)23(4)5/h6-13,22H,1-5H3,(H,21,24). The Morgan fingerprint density at radius 2 is 1.48 bits per heavy atom. The SMILES string of the molecule is CN(C)C(=O)Sc1ccc(NC(=O)c2ccc(S(=O)(=O)NC(C)(C)C)cc2)cc1. The predicted molar refractivity (Wildman–Crippen MR) is 116 cm³/mol. The van der Waals surface area contributed by atoms with Crippen molar-refractivity contribution in [3.05, 3.63) is 54.1 Å². The molecule has 0 aliphatic carbocycles. The summed E-state index contributed by atoms with van der Waals surface area (Å²) >= 11 is 1.09. The number of carbonyl (C=O) groups excluding carboxylic acids is 2. The van der Waals surface area contributed by atoms with Gasteiger partial charge in [-0.15, -0.1) is 0 Å². The van der Waals surface area contributed by atoms with E-state index >= 15 is 0 Å². The fourth-order valence-corrected chi connectivity index (χ4v) is 4.32. The number of nitrogens with one attached hydrogen (secondary N) is 2. The van der Waals surface area contributed by atoms with Crippen LogP contribution < -0.4 is 10.0 Å². The Morgan fingerprint density at radius 3 is 1.97 bits per heavy atom. The maximum absolute atomic E-state index is 12.4. The number of nitrogens with zero attached hydrogens (tertiary/aromatic N) is 1. The molecule has 0 radical (unpaired) electrons. The van der Waals surface area contributed by atoms with E-state index in [1.54, 1.807) is 59.1 Å². The highest BCUT2D eigenvalue weighted by atomic mass is 32.2. The molecule has 2 aromatic rings. The van der Waals surface area contributed by atoms with Crippen LogP contribution in [-0.4, -0.2) is 44.1 Å². The maximum Gasteiger partial charge on any atom is 0.285 e. The Balaban J connectivity index is 2.05.